The molecule has 108 valence electrons. The maximum atomic E-state index is 11.3. The number of rotatable bonds is 5. The number of hydrogen-bond acceptors (Lipinski definition) is 4. The van der Waals surface area contributed by atoms with Crippen LogP contribution in [0.3, 0.4) is 0 Å². The van der Waals surface area contributed by atoms with E-state index in [1.54, 1.807) is 30.0 Å². The Morgan fingerprint density at radius 1 is 1.45 bits per heavy atom. The lowest BCUT2D eigenvalue weighted by Crippen LogP contribution is -2.38. The summed E-state index contributed by atoms with van der Waals surface area (Å²) in [4.78, 5) is 23.6. The van der Waals surface area contributed by atoms with Crippen LogP contribution in [0.4, 0.5) is 11.4 Å². The summed E-state index contributed by atoms with van der Waals surface area (Å²) in [6.07, 6.45) is 3.86. The maximum absolute atomic E-state index is 11.3. The standard InChI is InChI=1S/C14H18N2O4/c1-10-5-4-8-12(14(10)16(19)20)15(9-13(17)18)11-6-2-3-7-11/h4-5,8,11H,2-3,6-7,9H2,1H3,(H,17,18). The van der Waals surface area contributed by atoms with E-state index < -0.39 is 10.9 Å². The van der Waals surface area contributed by atoms with E-state index in [1.165, 1.54) is 0 Å². The van der Waals surface area contributed by atoms with Crippen molar-refractivity contribution in [1.82, 2.24) is 0 Å². The van der Waals surface area contributed by atoms with E-state index in [9.17, 15) is 14.9 Å². The zero-order valence-corrected chi connectivity index (χ0v) is 11.4. The first-order chi connectivity index (χ1) is 9.50. The van der Waals surface area contributed by atoms with Crippen molar-refractivity contribution in [3.63, 3.8) is 0 Å². The first-order valence-electron chi connectivity index (χ1n) is 6.73. The van der Waals surface area contributed by atoms with Crippen LogP contribution in [0.5, 0.6) is 0 Å². The van der Waals surface area contributed by atoms with Gasteiger partial charge in [0.15, 0.2) is 0 Å². The molecule has 0 aliphatic heterocycles. The fraction of sp³-hybridized carbons (Fsp3) is 0.500. The molecule has 6 heteroatoms. The van der Waals surface area contributed by atoms with Crippen LogP contribution in [0, 0.1) is 17.0 Å². The van der Waals surface area contributed by atoms with Gasteiger partial charge in [-0.25, -0.2) is 0 Å². The fourth-order valence-electron chi connectivity index (χ4n) is 2.89. The number of anilines is 1. The predicted molar refractivity (Wildman–Crippen MR) is 75.1 cm³/mol. The highest BCUT2D eigenvalue weighted by atomic mass is 16.6. The lowest BCUT2D eigenvalue weighted by molar-refractivity contribution is -0.384. The molecule has 2 rings (SSSR count). The Balaban J connectivity index is 2.44. The largest absolute Gasteiger partial charge is 0.480 e. The van der Waals surface area contributed by atoms with E-state index in [1.807, 2.05) is 0 Å². The lowest BCUT2D eigenvalue weighted by Gasteiger charge is -2.29. The molecule has 20 heavy (non-hydrogen) atoms. The minimum atomic E-state index is -0.965. The zero-order valence-electron chi connectivity index (χ0n) is 11.4. The number of aliphatic carboxylic acids is 1. The molecule has 1 aromatic rings. The van der Waals surface area contributed by atoms with Gasteiger partial charge in [-0.15, -0.1) is 0 Å². The Bertz CT molecular complexity index is 524. The van der Waals surface area contributed by atoms with Crippen molar-refractivity contribution in [3.8, 4) is 0 Å². The SMILES string of the molecule is Cc1cccc(N(CC(=O)O)C2CCCC2)c1[N+](=O)[O-]. The summed E-state index contributed by atoms with van der Waals surface area (Å²) in [6, 6.07) is 5.13. The second-order valence-corrected chi connectivity index (χ2v) is 5.16. The number of aryl methyl sites for hydroxylation is 1. The Morgan fingerprint density at radius 2 is 2.10 bits per heavy atom. The number of benzene rings is 1. The van der Waals surface area contributed by atoms with Gasteiger partial charge in [-0.1, -0.05) is 25.0 Å². The fourth-order valence-corrected chi connectivity index (χ4v) is 2.89. The van der Waals surface area contributed by atoms with Crippen molar-refractivity contribution in [2.24, 2.45) is 0 Å². The highest BCUT2D eigenvalue weighted by Crippen LogP contribution is 2.36. The molecule has 0 saturated heterocycles. The molecule has 0 aromatic heterocycles. The molecule has 0 spiro atoms. The zero-order chi connectivity index (χ0) is 14.7. The molecule has 0 heterocycles. The molecule has 0 atom stereocenters. The Labute approximate surface area is 117 Å². The van der Waals surface area contributed by atoms with E-state index in [0.717, 1.165) is 25.7 Å². The Hall–Kier alpha value is -2.11. The Morgan fingerprint density at radius 3 is 2.65 bits per heavy atom. The molecule has 1 saturated carbocycles. The van der Waals surface area contributed by atoms with Gasteiger partial charge in [0.25, 0.3) is 5.69 Å². The van der Waals surface area contributed by atoms with Crippen molar-refractivity contribution in [1.29, 1.82) is 0 Å². The molecule has 1 aliphatic rings. The monoisotopic (exact) mass is 278 g/mol. The van der Waals surface area contributed by atoms with Gasteiger partial charge < -0.3 is 10.0 Å². The van der Waals surface area contributed by atoms with Crippen molar-refractivity contribution in [2.45, 2.75) is 38.6 Å². The van der Waals surface area contributed by atoms with Gasteiger partial charge in [0, 0.05) is 11.6 Å². The van der Waals surface area contributed by atoms with Gasteiger partial charge >= 0.3 is 5.97 Å². The third kappa shape index (κ3) is 2.89. The topological polar surface area (TPSA) is 83.7 Å². The van der Waals surface area contributed by atoms with E-state index >= 15 is 0 Å². The molecule has 0 amide bonds. The molecule has 1 aromatic carbocycles. The summed E-state index contributed by atoms with van der Waals surface area (Å²) in [5.41, 5.74) is 0.992. The molecular weight excluding hydrogens is 260 g/mol. The van der Waals surface area contributed by atoms with Gasteiger partial charge in [0.1, 0.15) is 12.2 Å². The normalized spacial score (nSPS) is 15.2. The highest BCUT2D eigenvalue weighted by Gasteiger charge is 2.30. The number of carbonyl (C=O) groups is 1. The summed E-state index contributed by atoms with van der Waals surface area (Å²) in [7, 11) is 0. The van der Waals surface area contributed by atoms with Crippen LogP contribution in [-0.2, 0) is 4.79 Å². The Kier molecular flexibility index (Phi) is 4.22. The van der Waals surface area contributed by atoms with E-state index in [4.69, 9.17) is 5.11 Å². The second kappa shape index (κ2) is 5.90. The van der Waals surface area contributed by atoms with E-state index in [-0.39, 0.29) is 18.3 Å². The predicted octanol–water partition coefficient (Wildman–Crippen LogP) is 2.74. The second-order valence-electron chi connectivity index (χ2n) is 5.16. The molecule has 0 radical (unpaired) electrons. The van der Waals surface area contributed by atoms with E-state index in [0.29, 0.717) is 11.3 Å². The number of carboxylic acid groups (broad SMARTS) is 1. The molecule has 0 bridgehead atoms. The lowest BCUT2D eigenvalue weighted by atomic mass is 10.1. The third-order valence-corrected chi connectivity index (χ3v) is 3.78. The van der Waals surface area contributed by atoms with Crippen molar-refractivity contribution in [2.75, 3.05) is 11.4 Å². The third-order valence-electron chi connectivity index (χ3n) is 3.78. The quantitative estimate of drug-likeness (QED) is 0.661. The van der Waals surface area contributed by atoms with Gasteiger partial charge in [0.2, 0.25) is 0 Å². The number of nitro groups is 1. The van der Waals surface area contributed by atoms with Crippen molar-refractivity contribution in [3.05, 3.63) is 33.9 Å². The number of hydrogen-bond donors (Lipinski definition) is 1. The van der Waals surface area contributed by atoms with Crippen LogP contribution >= 0.6 is 0 Å². The van der Waals surface area contributed by atoms with Crippen LogP contribution < -0.4 is 4.90 Å². The minimum Gasteiger partial charge on any atom is -0.480 e. The van der Waals surface area contributed by atoms with Crippen LogP contribution in [0.1, 0.15) is 31.2 Å². The van der Waals surface area contributed by atoms with Crippen molar-refractivity contribution < 1.29 is 14.8 Å². The van der Waals surface area contributed by atoms with Crippen LogP contribution in [-0.4, -0.2) is 28.6 Å². The molecule has 1 fully saturated rings. The molecule has 0 unspecified atom stereocenters. The van der Waals surface area contributed by atoms with Gasteiger partial charge in [-0.2, -0.15) is 0 Å². The van der Waals surface area contributed by atoms with Crippen LogP contribution in [0.15, 0.2) is 18.2 Å². The minimum absolute atomic E-state index is 0.0145. The van der Waals surface area contributed by atoms with Gasteiger partial charge in [-0.05, 0) is 25.8 Å². The number of nitro benzene ring substituents is 1. The summed E-state index contributed by atoms with van der Waals surface area (Å²) in [5.74, 6) is -0.965. The first kappa shape index (κ1) is 14.3. The smallest absolute Gasteiger partial charge is 0.323 e. The highest BCUT2D eigenvalue weighted by molar-refractivity contribution is 5.77. The van der Waals surface area contributed by atoms with Gasteiger partial charge in [-0.3, -0.25) is 14.9 Å². The average molecular weight is 278 g/mol. The van der Waals surface area contributed by atoms with Gasteiger partial charge in [0.05, 0.1) is 4.92 Å². The number of para-hydroxylation sites is 1. The summed E-state index contributed by atoms with van der Waals surface area (Å²) in [6.45, 7) is 1.48. The number of carboxylic acids is 1. The van der Waals surface area contributed by atoms with Crippen LogP contribution in [0.2, 0.25) is 0 Å². The summed E-state index contributed by atoms with van der Waals surface area (Å²) >= 11 is 0. The summed E-state index contributed by atoms with van der Waals surface area (Å²) < 4.78 is 0. The van der Waals surface area contributed by atoms with Crippen LogP contribution in [0.25, 0.3) is 0 Å². The molecular formula is C14H18N2O4. The average Bonchev–Trinajstić information content (AvgIpc) is 2.88. The summed E-state index contributed by atoms with van der Waals surface area (Å²) in [5, 5.41) is 20.4. The van der Waals surface area contributed by atoms with Crippen molar-refractivity contribution >= 4 is 17.3 Å². The molecule has 6 nitrogen and oxygen atoms in total. The first-order valence-corrected chi connectivity index (χ1v) is 6.73. The number of nitrogens with zero attached hydrogens (tertiary/aromatic N) is 2. The molecule has 1 N–H and O–H groups in total. The maximum Gasteiger partial charge on any atom is 0.323 e. The van der Waals surface area contributed by atoms with E-state index in [2.05, 4.69) is 0 Å². The molecule has 1 aliphatic carbocycles.